The summed E-state index contributed by atoms with van der Waals surface area (Å²) >= 11 is 0. The van der Waals surface area contributed by atoms with Gasteiger partial charge in [-0.2, -0.15) is 0 Å². The first kappa shape index (κ1) is 11.1. The van der Waals surface area contributed by atoms with Gasteiger partial charge in [0, 0.05) is 12.4 Å². The molecule has 0 spiro atoms. The molecule has 1 aliphatic heterocycles. The Hall–Kier alpha value is -1.42. The molecular weight excluding hydrogens is 206 g/mol. The average Bonchev–Trinajstić information content (AvgIpc) is 2.29. The Bertz CT molecular complexity index is 354. The summed E-state index contributed by atoms with van der Waals surface area (Å²) in [6.45, 7) is 3.88. The smallest absolute Gasteiger partial charge is 0.339 e. The molecule has 2 rings (SSSR count). The van der Waals surface area contributed by atoms with E-state index in [2.05, 4.69) is 11.9 Å². The van der Waals surface area contributed by atoms with Crippen LogP contribution in [0.3, 0.4) is 0 Å². The monoisotopic (exact) mass is 221 g/mol. The van der Waals surface area contributed by atoms with Crippen molar-refractivity contribution in [3.8, 4) is 0 Å². The van der Waals surface area contributed by atoms with E-state index >= 15 is 0 Å². The lowest BCUT2D eigenvalue weighted by atomic mass is 9.84. The number of hydrogen-bond donors (Lipinski definition) is 0. The fourth-order valence-electron chi connectivity index (χ4n) is 1.57. The van der Waals surface area contributed by atoms with Crippen LogP contribution < -0.4 is 0 Å². The van der Waals surface area contributed by atoms with E-state index in [1.807, 2.05) is 0 Å². The standard InChI is InChI=1S/C12H15NO3/c1-2-12(7-15-8-12)9-16-11(14)10-4-3-5-13-6-10/h3-6H,2,7-9H2,1H3. The van der Waals surface area contributed by atoms with Crippen LogP contribution >= 0.6 is 0 Å². The molecule has 0 aromatic carbocycles. The van der Waals surface area contributed by atoms with Crippen LogP contribution in [0.15, 0.2) is 24.5 Å². The third kappa shape index (κ3) is 2.22. The van der Waals surface area contributed by atoms with Gasteiger partial charge in [-0.3, -0.25) is 4.98 Å². The van der Waals surface area contributed by atoms with E-state index in [9.17, 15) is 4.79 Å². The summed E-state index contributed by atoms with van der Waals surface area (Å²) in [5.74, 6) is -0.312. The molecule has 1 fully saturated rings. The van der Waals surface area contributed by atoms with Crippen molar-refractivity contribution >= 4 is 5.97 Å². The molecule has 1 saturated heterocycles. The highest BCUT2D eigenvalue weighted by Crippen LogP contribution is 2.31. The van der Waals surface area contributed by atoms with Crippen molar-refractivity contribution in [3.63, 3.8) is 0 Å². The van der Waals surface area contributed by atoms with Crippen LogP contribution in [0.1, 0.15) is 23.7 Å². The largest absolute Gasteiger partial charge is 0.461 e. The quantitative estimate of drug-likeness (QED) is 0.725. The first-order chi connectivity index (χ1) is 7.76. The van der Waals surface area contributed by atoms with E-state index in [-0.39, 0.29) is 11.4 Å². The Balaban J connectivity index is 1.89. The zero-order chi connectivity index (χ0) is 11.4. The first-order valence-corrected chi connectivity index (χ1v) is 5.41. The molecule has 0 aliphatic carbocycles. The molecule has 86 valence electrons. The Labute approximate surface area is 94.6 Å². The third-order valence-corrected chi connectivity index (χ3v) is 2.97. The van der Waals surface area contributed by atoms with E-state index in [0.29, 0.717) is 25.4 Å². The van der Waals surface area contributed by atoms with Gasteiger partial charge in [-0.15, -0.1) is 0 Å². The number of nitrogens with zero attached hydrogens (tertiary/aromatic N) is 1. The second-order valence-corrected chi connectivity index (χ2v) is 4.16. The number of hydrogen-bond acceptors (Lipinski definition) is 4. The van der Waals surface area contributed by atoms with Crippen LogP contribution in [-0.4, -0.2) is 30.8 Å². The number of rotatable bonds is 4. The predicted octanol–water partition coefficient (Wildman–Crippen LogP) is 1.67. The summed E-state index contributed by atoms with van der Waals surface area (Å²) in [6, 6.07) is 3.42. The van der Waals surface area contributed by atoms with Gasteiger partial charge >= 0.3 is 5.97 Å². The summed E-state index contributed by atoms with van der Waals surface area (Å²) in [6.07, 6.45) is 4.11. The Morgan fingerprint density at radius 2 is 2.44 bits per heavy atom. The Morgan fingerprint density at radius 1 is 1.62 bits per heavy atom. The normalized spacial score (nSPS) is 17.6. The number of carbonyl (C=O) groups is 1. The minimum absolute atomic E-state index is 0.0396. The number of carbonyl (C=O) groups excluding carboxylic acids is 1. The van der Waals surface area contributed by atoms with Crippen LogP contribution in [0.2, 0.25) is 0 Å². The van der Waals surface area contributed by atoms with Crippen molar-refractivity contribution in [2.45, 2.75) is 13.3 Å². The van der Waals surface area contributed by atoms with Crippen LogP contribution in [0, 0.1) is 5.41 Å². The van der Waals surface area contributed by atoms with E-state index in [0.717, 1.165) is 6.42 Å². The molecule has 1 aromatic rings. The highest BCUT2D eigenvalue weighted by atomic mass is 16.5. The molecule has 0 amide bonds. The molecule has 0 unspecified atom stereocenters. The molecule has 0 bridgehead atoms. The van der Waals surface area contributed by atoms with Crippen molar-refractivity contribution in [3.05, 3.63) is 30.1 Å². The zero-order valence-electron chi connectivity index (χ0n) is 9.31. The van der Waals surface area contributed by atoms with Gasteiger partial charge in [0.05, 0.1) is 24.2 Å². The molecule has 16 heavy (non-hydrogen) atoms. The molecule has 2 heterocycles. The molecule has 4 heteroatoms. The molecular formula is C12H15NO3. The minimum Gasteiger partial charge on any atom is -0.461 e. The fraction of sp³-hybridized carbons (Fsp3) is 0.500. The van der Waals surface area contributed by atoms with Crippen molar-refractivity contribution in [1.29, 1.82) is 0 Å². The van der Waals surface area contributed by atoms with Gasteiger partial charge in [-0.05, 0) is 18.6 Å². The zero-order valence-corrected chi connectivity index (χ0v) is 9.31. The van der Waals surface area contributed by atoms with E-state index in [1.165, 1.54) is 6.20 Å². The molecule has 4 nitrogen and oxygen atoms in total. The van der Waals surface area contributed by atoms with E-state index in [4.69, 9.17) is 9.47 Å². The third-order valence-electron chi connectivity index (χ3n) is 2.97. The number of esters is 1. The maximum absolute atomic E-state index is 11.6. The highest BCUT2D eigenvalue weighted by molar-refractivity contribution is 5.88. The van der Waals surface area contributed by atoms with Gasteiger partial charge < -0.3 is 9.47 Å². The highest BCUT2D eigenvalue weighted by Gasteiger charge is 2.38. The second kappa shape index (κ2) is 4.61. The summed E-state index contributed by atoms with van der Waals surface area (Å²) in [5.41, 5.74) is 0.534. The number of ether oxygens (including phenoxy) is 2. The topological polar surface area (TPSA) is 48.4 Å². The van der Waals surface area contributed by atoms with Gasteiger partial charge in [-0.25, -0.2) is 4.79 Å². The molecule has 0 radical (unpaired) electrons. The van der Waals surface area contributed by atoms with Gasteiger partial charge in [0.1, 0.15) is 6.61 Å². The molecule has 1 aromatic heterocycles. The van der Waals surface area contributed by atoms with Crippen molar-refractivity contribution in [2.75, 3.05) is 19.8 Å². The Morgan fingerprint density at radius 3 is 2.94 bits per heavy atom. The first-order valence-electron chi connectivity index (χ1n) is 5.41. The summed E-state index contributed by atoms with van der Waals surface area (Å²) in [5, 5.41) is 0. The van der Waals surface area contributed by atoms with Crippen LogP contribution in [0.4, 0.5) is 0 Å². The van der Waals surface area contributed by atoms with Gasteiger partial charge in [0.25, 0.3) is 0 Å². The van der Waals surface area contributed by atoms with E-state index < -0.39 is 0 Å². The van der Waals surface area contributed by atoms with Crippen LogP contribution in [-0.2, 0) is 9.47 Å². The fourth-order valence-corrected chi connectivity index (χ4v) is 1.57. The predicted molar refractivity (Wildman–Crippen MR) is 58.1 cm³/mol. The molecule has 0 N–H and O–H groups in total. The lowest BCUT2D eigenvalue weighted by molar-refractivity contribution is -0.140. The second-order valence-electron chi connectivity index (χ2n) is 4.16. The average molecular weight is 221 g/mol. The van der Waals surface area contributed by atoms with Gasteiger partial charge in [0.15, 0.2) is 0 Å². The van der Waals surface area contributed by atoms with Gasteiger partial charge in [-0.1, -0.05) is 6.92 Å². The van der Waals surface area contributed by atoms with E-state index in [1.54, 1.807) is 18.3 Å². The lowest BCUT2D eigenvalue weighted by Crippen LogP contribution is -2.46. The maximum Gasteiger partial charge on any atom is 0.339 e. The molecule has 1 aliphatic rings. The van der Waals surface area contributed by atoms with Crippen LogP contribution in [0.25, 0.3) is 0 Å². The molecule has 0 atom stereocenters. The van der Waals surface area contributed by atoms with Crippen LogP contribution in [0.5, 0.6) is 0 Å². The van der Waals surface area contributed by atoms with Crippen molar-refractivity contribution in [1.82, 2.24) is 4.98 Å². The number of aromatic nitrogens is 1. The minimum atomic E-state index is -0.312. The number of pyridine rings is 1. The Kier molecular flexibility index (Phi) is 3.19. The lowest BCUT2D eigenvalue weighted by Gasteiger charge is -2.39. The SMILES string of the molecule is CCC1(COC(=O)c2cccnc2)COC1. The molecule has 0 saturated carbocycles. The van der Waals surface area contributed by atoms with Gasteiger partial charge in [0.2, 0.25) is 0 Å². The summed E-state index contributed by atoms with van der Waals surface area (Å²) in [7, 11) is 0. The maximum atomic E-state index is 11.6. The van der Waals surface area contributed by atoms with Crippen molar-refractivity contribution in [2.24, 2.45) is 5.41 Å². The summed E-state index contributed by atoms with van der Waals surface area (Å²) < 4.78 is 10.4. The van der Waals surface area contributed by atoms with Crippen molar-refractivity contribution < 1.29 is 14.3 Å². The summed E-state index contributed by atoms with van der Waals surface area (Å²) in [4.78, 5) is 15.5.